The van der Waals surface area contributed by atoms with E-state index in [0.717, 1.165) is 29.9 Å². The van der Waals surface area contributed by atoms with Crippen LogP contribution in [0.1, 0.15) is 11.4 Å². The summed E-state index contributed by atoms with van der Waals surface area (Å²) in [6.07, 6.45) is 1.55. The highest BCUT2D eigenvalue weighted by Gasteiger charge is 2.14. The molecule has 1 aliphatic heterocycles. The molecule has 0 saturated carbocycles. The van der Waals surface area contributed by atoms with Crippen LogP contribution in [0.25, 0.3) is 6.08 Å². The molecule has 0 amide bonds. The molecule has 0 spiro atoms. The molecule has 9 heteroatoms. The van der Waals surface area contributed by atoms with Gasteiger partial charge in [-0.15, -0.1) is 0 Å². The zero-order chi connectivity index (χ0) is 19.8. The third-order valence-electron chi connectivity index (χ3n) is 4.03. The fourth-order valence-corrected chi connectivity index (χ4v) is 3.47. The van der Waals surface area contributed by atoms with Crippen LogP contribution in [0.15, 0.2) is 41.8 Å². The number of hydrogen-bond acceptors (Lipinski definition) is 7. The van der Waals surface area contributed by atoms with Gasteiger partial charge in [0.2, 0.25) is 15.9 Å². The van der Waals surface area contributed by atoms with Gasteiger partial charge in [0, 0.05) is 31.1 Å². The van der Waals surface area contributed by atoms with Crippen molar-refractivity contribution in [1.82, 2.24) is 14.7 Å². The van der Waals surface area contributed by atoms with Gasteiger partial charge < -0.3 is 14.4 Å². The summed E-state index contributed by atoms with van der Waals surface area (Å²) in [5.41, 5.74) is 0.816. The average Bonchev–Trinajstić information content (AvgIpc) is 2.71. The first-order valence-corrected chi connectivity index (χ1v) is 10.6. The summed E-state index contributed by atoms with van der Waals surface area (Å²) >= 11 is 0. The quantitative estimate of drug-likeness (QED) is 0.668. The largest absolute Gasteiger partial charge is 0.476 e. The zero-order valence-electron chi connectivity index (χ0n) is 15.7. The fourth-order valence-electron chi connectivity index (χ4n) is 2.67. The summed E-state index contributed by atoms with van der Waals surface area (Å²) in [6, 6.07) is 11.0. The Bertz CT molecular complexity index is 897. The van der Waals surface area contributed by atoms with E-state index in [9.17, 15) is 8.42 Å². The standard InChI is InChI=1S/C19H24N4O4S/c1-16-21-18(23-9-12-26-13-10-23)15-19(22-16)27-11-8-20-28(24,25)14-7-17-5-3-2-4-6-17/h2-7,14-15,20H,8-13H2,1H3. The second-order valence-electron chi connectivity index (χ2n) is 6.21. The Kier molecular flexibility index (Phi) is 6.96. The zero-order valence-corrected chi connectivity index (χ0v) is 16.6. The Morgan fingerprint density at radius 1 is 1.21 bits per heavy atom. The monoisotopic (exact) mass is 404 g/mol. The van der Waals surface area contributed by atoms with Crippen LogP contribution in [-0.4, -0.2) is 57.8 Å². The van der Waals surface area contributed by atoms with Gasteiger partial charge in [0.15, 0.2) is 0 Å². The lowest BCUT2D eigenvalue weighted by Crippen LogP contribution is -2.37. The van der Waals surface area contributed by atoms with Crippen LogP contribution in [0.2, 0.25) is 0 Å². The second kappa shape index (κ2) is 9.63. The molecule has 1 fully saturated rings. The van der Waals surface area contributed by atoms with Gasteiger partial charge in [-0.25, -0.2) is 18.1 Å². The molecule has 2 aromatic rings. The van der Waals surface area contributed by atoms with Gasteiger partial charge in [0.05, 0.1) is 13.2 Å². The molecule has 3 rings (SSSR count). The van der Waals surface area contributed by atoms with Gasteiger partial charge in [-0.05, 0) is 18.6 Å². The topological polar surface area (TPSA) is 93.6 Å². The summed E-state index contributed by atoms with van der Waals surface area (Å²) in [5, 5.41) is 1.15. The van der Waals surface area contributed by atoms with Crippen LogP contribution < -0.4 is 14.4 Å². The van der Waals surface area contributed by atoms with Crippen molar-refractivity contribution in [1.29, 1.82) is 0 Å². The summed E-state index contributed by atoms with van der Waals surface area (Å²) in [4.78, 5) is 10.8. The molecule has 1 aliphatic rings. The summed E-state index contributed by atoms with van der Waals surface area (Å²) in [5.74, 6) is 1.82. The van der Waals surface area contributed by atoms with Crippen molar-refractivity contribution in [3.63, 3.8) is 0 Å². The predicted molar refractivity (Wildman–Crippen MR) is 108 cm³/mol. The van der Waals surface area contributed by atoms with E-state index in [4.69, 9.17) is 9.47 Å². The minimum Gasteiger partial charge on any atom is -0.476 e. The van der Waals surface area contributed by atoms with E-state index >= 15 is 0 Å². The number of nitrogens with one attached hydrogen (secondary N) is 1. The molecule has 0 unspecified atom stereocenters. The van der Waals surface area contributed by atoms with Gasteiger partial charge >= 0.3 is 0 Å². The molecule has 0 atom stereocenters. The van der Waals surface area contributed by atoms with E-state index in [0.29, 0.717) is 24.9 Å². The van der Waals surface area contributed by atoms with Crippen LogP contribution >= 0.6 is 0 Å². The molecule has 8 nitrogen and oxygen atoms in total. The molecule has 0 bridgehead atoms. The molecule has 0 aliphatic carbocycles. The fraction of sp³-hybridized carbons (Fsp3) is 0.368. The lowest BCUT2D eigenvalue weighted by Gasteiger charge is -2.28. The van der Waals surface area contributed by atoms with Gasteiger partial charge in [-0.2, -0.15) is 4.98 Å². The van der Waals surface area contributed by atoms with Crippen molar-refractivity contribution in [3.05, 3.63) is 53.2 Å². The Hall–Kier alpha value is -2.49. The number of anilines is 1. The number of rotatable bonds is 8. The second-order valence-corrected chi connectivity index (χ2v) is 7.86. The molecule has 0 radical (unpaired) electrons. The Morgan fingerprint density at radius 3 is 2.71 bits per heavy atom. The minimum atomic E-state index is -3.53. The highest BCUT2D eigenvalue weighted by atomic mass is 32.2. The first-order valence-electron chi connectivity index (χ1n) is 9.06. The summed E-state index contributed by atoms with van der Waals surface area (Å²) in [7, 11) is -3.53. The number of sulfonamides is 1. The molecule has 150 valence electrons. The molecule has 1 aromatic carbocycles. The van der Waals surface area contributed by atoms with E-state index < -0.39 is 10.0 Å². The van der Waals surface area contributed by atoms with E-state index in [-0.39, 0.29) is 13.2 Å². The molecular formula is C19H24N4O4S. The third-order valence-corrected chi connectivity index (χ3v) is 5.13. The smallest absolute Gasteiger partial charge is 0.233 e. The van der Waals surface area contributed by atoms with Gasteiger partial charge in [-0.1, -0.05) is 30.3 Å². The first-order chi connectivity index (χ1) is 13.5. The summed E-state index contributed by atoms with van der Waals surface area (Å²) < 4.78 is 37.5. The van der Waals surface area contributed by atoms with Gasteiger partial charge in [0.1, 0.15) is 18.2 Å². The Labute approximate surface area is 165 Å². The van der Waals surface area contributed by atoms with E-state index in [1.807, 2.05) is 30.3 Å². The van der Waals surface area contributed by atoms with Crippen molar-refractivity contribution < 1.29 is 17.9 Å². The maximum Gasteiger partial charge on any atom is 0.233 e. The molecular weight excluding hydrogens is 380 g/mol. The number of morpholine rings is 1. The lowest BCUT2D eigenvalue weighted by atomic mass is 10.2. The van der Waals surface area contributed by atoms with E-state index in [1.165, 1.54) is 0 Å². The van der Waals surface area contributed by atoms with Crippen LogP contribution in [0.3, 0.4) is 0 Å². The molecule has 1 aromatic heterocycles. The third kappa shape index (κ3) is 6.29. The molecule has 1 saturated heterocycles. The Morgan fingerprint density at radius 2 is 1.96 bits per heavy atom. The molecule has 1 N–H and O–H groups in total. The maximum atomic E-state index is 12.0. The van der Waals surface area contributed by atoms with Gasteiger partial charge in [0.25, 0.3) is 0 Å². The summed E-state index contributed by atoms with van der Waals surface area (Å²) in [6.45, 7) is 4.96. The van der Waals surface area contributed by atoms with Crippen molar-refractivity contribution in [2.75, 3.05) is 44.4 Å². The number of nitrogens with zero attached hydrogens (tertiary/aromatic N) is 3. The van der Waals surface area contributed by atoms with Crippen molar-refractivity contribution >= 4 is 21.9 Å². The minimum absolute atomic E-state index is 0.136. The highest BCUT2D eigenvalue weighted by molar-refractivity contribution is 7.92. The van der Waals surface area contributed by atoms with E-state index in [1.54, 1.807) is 19.1 Å². The van der Waals surface area contributed by atoms with Crippen molar-refractivity contribution in [2.24, 2.45) is 0 Å². The van der Waals surface area contributed by atoms with Crippen LogP contribution in [0.5, 0.6) is 5.88 Å². The van der Waals surface area contributed by atoms with E-state index in [2.05, 4.69) is 19.6 Å². The van der Waals surface area contributed by atoms with Crippen LogP contribution in [0, 0.1) is 6.92 Å². The average molecular weight is 404 g/mol. The molecule has 2 heterocycles. The molecule has 28 heavy (non-hydrogen) atoms. The van der Waals surface area contributed by atoms with Crippen LogP contribution in [0.4, 0.5) is 5.82 Å². The SMILES string of the molecule is Cc1nc(OCCNS(=O)(=O)C=Cc2ccccc2)cc(N2CCOCC2)n1. The predicted octanol–water partition coefficient (Wildman–Crippen LogP) is 1.59. The number of aryl methyl sites for hydroxylation is 1. The highest BCUT2D eigenvalue weighted by Crippen LogP contribution is 2.18. The van der Waals surface area contributed by atoms with Crippen molar-refractivity contribution in [3.8, 4) is 5.88 Å². The number of benzene rings is 1. The number of ether oxygens (including phenoxy) is 2. The maximum absolute atomic E-state index is 12.0. The lowest BCUT2D eigenvalue weighted by molar-refractivity contribution is 0.122. The van der Waals surface area contributed by atoms with Crippen molar-refractivity contribution in [2.45, 2.75) is 6.92 Å². The number of aromatic nitrogens is 2. The van der Waals surface area contributed by atoms with Crippen LogP contribution in [-0.2, 0) is 14.8 Å². The van der Waals surface area contributed by atoms with Gasteiger partial charge in [-0.3, -0.25) is 0 Å². The normalized spacial score (nSPS) is 15.1. The number of hydrogen-bond donors (Lipinski definition) is 1. The first kappa shape index (κ1) is 20.2. The Balaban J connectivity index is 1.50.